The fraction of sp³-hybridized carbons (Fsp3) is 0.600. The number of halogens is 2. The molecule has 1 aromatic rings. The number of rotatable bonds is 5. The first-order valence-electron chi connectivity index (χ1n) is 7.05. The minimum Gasteiger partial charge on any atom is -0.329 e. The molecule has 1 saturated heterocycles. The molecule has 4 heteroatoms. The van der Waals surface area contributed by atoms with Gasteiger partial charge in [0.25, 0.3) is 0 Å². The Balaban J connectivity index is 2.14. The standard InChI is InChI=1S/C15H22ClFN2/c1-2-4-11-7-8-19(10-11)14(9-18)12-5-3-6-13(16)15(12)17/h3,5-6,11,14H,2,4,7-10,18H2,1H3. The topological polar surface area (TPSA) is 29.3 Å². The number of hydrogen-bond donors (Lipinski definition) is 1. The largest absolute Gasteiger partial charge is 0.329 e. The zero-order chi connectivity index (χ0) is 13.8. The van der Waals surface area contributed by atoms with Crippen LogP contribution < -0.4 is 5.73 Å². The molecule has 1 aromatic carbocycles. The second-order valence-electron chi connectivity index (χ2n) is 5.33. The molecule has 0 amide bonds. The summed E-state index contributed by atoms with van der Waals surface area (Å²) in [5.74, 6) is 0.403. The smallest absolute Gasteiger partial charge is 0.146 e. The third-order valence-electron chi connectivity index (χ3n) is 4.02. The second kappa shape index (κ2) is 6.69. The normalized spacial score (nSPS) is 21.8. The number of nitrogens with two attached hydrogens (primary N) is 1. The highest BCUT2D eigenvalue weighted by molar-refractivity contribution is 6.30. The van der Waals surface area contributed by atoms with Crippen LogP contribution in [0.25, 0.3) is 0 Å². The minimum atomic E-state index is -0.321. The van der Waals surface area contributed by atoms with E-state index in [0.717, 1.165) is 19.0 Å². The molecule has 19 heavy (non-hydrogen) atoms. The van der Waals surface area contributed by atoms with Gasteiger partial charge in [-0.25, -0.2) is 4.39 Å². The van der Waals surface area contributed by atoms with E-state index >= 15 is 0 Å². The lowest BCUT2D eigenvalue weighted by atomic mass is 10.0. The summed E-state index contributed by atoms with van der Waals surface area (Å²) in [5, 5.41) is 0.181. The number of hydrogen-bond acceptors (Lipinski definition) is 2. The molecule has 1 aliphatic rings. The van der Waals surface area contributed by atoms with Gasteiger partial charge in [-0.3, -0.25) is 4.90 Å². The Morgan fingerprint density at radius 1 is 1.53 bits per heavy atom. The van der Waals surface area contributed by atoms with E-state index in [1.807, 2.05) is 0 Å². The van der Waals surface area contributed by atoms with Gasteiger partial charge in [-0.2, -0.15) is 0 Å². The van der Waals surface area contributed by atoms with Gasteiger partial charge < -0.3 is 5.73 Å². The molecule has 1 aliphatic heterocycles. The van der Waals surface area contributed by atoms with E-state index in [1.54, 1.807) is 18.2 Å². The first-order valence-corrected chi connectivity index (χ1v) is 7.43. The highest BCUT2D eigenvalue weighted by Crippen LogP contribution is 2.32. The molecule has 2 N–H and O–H groups in total. The summed E-state index contributed by atoms with van der Waals surface area (Å²) in [5.41, 5.74) is 6.50. The Morgan fingerprint density at radius 3 is 3.00 bits per heavy atom. The molecule has 2 nitrogen and oxygen atoms in total. The molecule has 0 aliphatic carbocycles. The maximum atomic E-state index is 14.1. The Hall–Kier alpha value is -0.640. The third kappa shape index (κ3) is 3.28. The van der Waals surface area contributed by atoms with Crippen molar-refractivity contribution in [2.24, 2.45) is 11.7 Å². The third-order valence-corrected chi connectivity index (χ3v) is 4.31. The Labute approximate surface area is 119 Å². The van der Waals surface area contributed by atoms with Crippen molar-refractivity contribution in [1.29, 1.82) is 0 Å². The van der Waals surface area contributed by atoms with Gasteiger partial charge in [0.2, 0.25) is 0 Å². The lowest BCUT2D eigenvalue weighted by molar-refractivity contribution is 0.235. The van der Waals surface area contributed by atoms with Gasteiger partial charge in [-0.05, 0) is 31.4 Å². The maximum Gasteiger partial charge on any atom is 0.146 e. The van der Waals surface area contributed by atoms with Gasteiger partial charge in [0.1, 0.15) is 5.82 Å². The number of likely N-dealkylation sites (tertiary alicyclic amines) is 1. The predicted molar refractivity (Wildman–Crippen MR) is 77.8 cm³/mol. The van der Waals surface area contributed by atoms with Crippen molar-refractivity contribution >= 4 is 11.6 Å². The fourth-order valence-electron chi connectivity index (χ4n) is 3.04. The Bertz CT molecular complexity index is 425. The molecule has 2 unspecified atom stereocenters. The van der Waals surface area contributed by atoms with Crippen LogP contribution in [0.3, 0.4) is 0 Å². The summed E-state index contributed by atoms with van der Waals surface area (Å²) in [7, 11) is 0. The molecule has 1 fully saturated rings. The first-order chi connectivity index (χ1) is 9.17. The Morgan fingerprint density at radius 2 is 2.32 bits per heavy atom. The summed E-state index contributed by atoms with van der Waals surface area (Å²) in [6.07, 6.45) is 3.63. The van der Waals surface area contributed by atoms with E-state index in [4.69, 9.17) is 17.3 Å². The fourth-order valence-corrected chi connectivity index (χ4v) is 3.22. The van der Waals surface area contributed by atoms with E-state index in [1.165, 1.54) is 19.3 Å². The van der Waals surface area contributed by atoms with Gasteiger partial charge in [-0.1, -0.05) is 37.1 Å². The average molecular weight is 285 g/mol. The van der Waals surface area contributed by atoms with E-state index in [2.05, 4.69) is 11.8 Å². The highest BCUT2D eigenvalue weighted by atomic mass is 35.5. The lowest BCUT2D eigenvalue weighted by Crippen LogP contribution is -2.32. The van der Waals surface area contributed by atoms with E-state index in [9.17, 15) is 4.39 Å². The summed E-state index contributed by atoms with van der Waals surface area (Å²) < 4.78 is 14.1. The van der Waals surface area contributed by atoms with Crippen LogP contribution in [0.15, 0.2) is 18.2 Å². The summed E-state index contributed by atoms with van der Waals surface area (Å²) in [4.78, 5) is 2.30. The van der Waals surface area contributed by atoms with Crippen LogP contribution in [-0.4, -0.2) is 24.5 Å². The van der Waals surface area contributed by atoms with Crippen LogP contribution in [0, 0.1) is 11.7 Å². The summed E-state index contributed by atoms with van der Waals surface area (Å²) in [6.45, 7) is 4.65. The summed E-state index contributed by atoms with van der Waals surface area (Å²) >= 11 is 5.87. The molecule has 0 bridgehead atoms. The average Bonchev–Trinajstić information content (AvgIpc) is 2.84. The van der Waals surface area contributed by atoms with Gasteiger partial charge >= 0.3 is 0 Å². The van der Waals surface area contributed by atoms with Crippen molar-refractivity contribution < 1.29 is 4.39 Å². The SMILES string of the molecule is CCCC1CCN(C(CN)c2cccc(Cl)c2F)C1. The predicted octanol–water partition coefficient (Wildman–Crippen LogP) is 3.60. The second-order valence-corrected chi connectivity index (χ2v) is 5.74. The van der Waals surface area contributed by atoms with Crippen molar-refractivity contribution in [3.8, 4) is 0 Å². The van der Waals surface area contributed by atoms with Crippen molar-refractivity contribution in [3.63, 3.8) is 0 Å². The Kier molecular flexibility index (Phi) is 5.20. The molecular weight excluding hydrogens is 263 g/mol. The summed E-state index contributed by atoms with van der Waals surface area (Å²) in [6, 6.07) is 5.12. The molecule has 0 radical (unpaired) electrons. The van der Waals surface area contributed by atoms with Crippen LogP contribution in [-0.2, 0) is 0 Å². The number of benzene rings is 1. The van der Waals surface area contributed by atoms with Gasteiger partial charge in [-0.15, -0.1) is 0 Å². The number of nitrogens with zero attached hydrogens (tertiary/aromatic N) is 1. The lowest BCUT2D eigenvalue weighted by Gasteiger charge is -2.27. The van der Waals surface area contributed by atoms with E-state index in [-0.39, 0.29) is 16.9 Å². The molecule has 0 spiro atoms. The molecule has 1 heterocycles. The first kappa shape index (κ1) is 14.8. The van der Waals surface area contributed by atoms with Crippen molar-refractivity contribution in [1.82, 2.24) is 4.90 Å². The van der Waals surface area contributed by atoms with Crippen LogP contribution in [0.1, 0.15) is 37.8 Å². The molecule has 106 valence electrons. The van der Waals surface area contributed by atoms with Crippen molar-refractivity contribution in [3.05, 3.63) is 34.6 Å². The molecular formula is C15H22ClFN2. The maximum absolute atomic E-state index is 14.1. The monoisotopic (exact) mass is 284 g/mol. The molecule has 2 atom stereocenters. The zero-order valence-electron chi connectivity index (χ0n) is 11.4. The van der Waals surface area contributed by atoms with Crippen molar-refractivity contribution in [2.75, 3.05) is 19.6 Å². The highest BCUT2D eigenvalue weighted by Gasteiger charge is 2.29. The molecule has 2 rings (SSSR count). The van der Waals surface area contributed by atoms with Gasteiger partial charge in [0, 0.05) is 24.7 Å². The van der Waals surface area contributed by atoms with E-state index < -0.39 is 0 Å². The van der Waals surface area contributed by atoms with E-state index in [0.29, 0.717) is 12.1 Å². The van der Waals surface area contributed by atoms with Gasteiger partial charge in [0.05, 0.1) is 5.02 Å². The van der Waals surface area contributed by atoms with Crippen LogP contribution in [0.2, 0.25) is 5.02 Å². The van der Waals surface area contributed by atoms with Crippen LogP contribution in [0.5, 0.6) is 0 Å². The quantitative estimate of drug-likeness (QED) is 0.895. The van der Waals surface area contributed by atoms with Crippen LogP contribution in [0.4, 0.5) is 4.39 Å². The van der Waals surface area contributed by atoms with Crippen molar-refractivity contribution in [2.45, 2.75) is 32.2 Å². The minimum absolute atomic E-state index is 0.0550. The van der Waals surface area contributed by atoms with Gasteiger partial charge in [0.15, 0.2) is 0 Å². The van der Waals surface area contributed by atoms with Crippen LogP contribution >= 0.6 is 11.6 Å². The zero-order valence-corrected chi connectivity index (χ0v) is 12.2. The molecule has 0 saturated carbocycles. The molecule has 0 aromatic heterocycles.